The van der Waals surface area contributed by atoms with E-state index in [-0.39, 0.29) is 31.5 Å². The van der Waals surface area contributed by atoms with Gasteiger partial charge in [0.25, 0.3) is 5.91 Å². The fourth-order valence-electron chi connectivity index (χ4n) is 4.87. The first-order valence-corrected chi connectivity index (χ1v) is 11.7. The van der Waals surface area contributed by atoms with Crippen LogP contribution < -0.4 is 5.32 Å². The van der Waals surface area contributed by atoms with Crippen molar-refractivity contribution in [3.63, 3.8) is 0 Å². The van der Waals surface area contributed by atoms with Crippen molar-refractivity contribution in [1.82, 2.24) is 10.2 Å². The van der Waals surface area contributed by atoms with Gasteiger partial charge in [0.2, 0.25) is 0 Å². The summed E-state index contributed by atoms with van der Waals surface area (Å²) in [4.78, 5) is 37.8. The molecule has 1 aliphatic heterocycles. The molecule has 35 heavy (non-hydrogen) atoms. The number of carboxylic acids is 1. The third-order valence-corrected chi connectivity index (χ3v) is 6.77. The fourth-order valence-corrected chi connectivity index (χ4v) is 4.87. The van der Waals surface area contributed by atoms with Gasteiger partial charge in [0.05, 0.1) is 5.92 Å². The van der Waals surface area contributed by atoms with Crippen LogP contribution in [0.2, 0.25) is 0 Å². The van der Waals surface area contributed by atoms with Gasteiger partial charge in [0.15, 0.2) is 0 Å². The van der Waals surface area contributed by atoms with E-state index in [1.54, 1.807) is 12.1 Å². The van der Waals surface area contributed by atoms with Crippen molar-refractivity contribution < 1.29 is 24.2 Å². The van der Waals surface area contributed by atoms with E-state index in [9.17, 15) is 14.4 Å². The highest BCUT2D eigenvalue weighted by molar-refractivity contribution is 5.97. The lowest BCUT2D eigenvalue weighted by Gasteiger charge is -2.37. The zero-order chi connectivity index (χ0) is 24.4. The van der Waals surface area contributed by atoms with Gasteiger partial charge in [-0.05, 0) is 40.3 Å². The van der Waals surface area contributed by atoms with Gasteiger partial charge in [0, 0.05) is 31.1 Å². The summed E-state index contributed by atoms with van der Waals surface area (Å²) in [5, 5.41) is 11.8. The smallest absolute Gasteiger partial charge is 0.407 e. The molecule has 2 N–H and O–H groups in total. The van der Waals surface area contributed by atoms with Crippen LogP contribution in [0.15, 0.2) is 72.8 Å². The van der Waals surface area contributed by atoms with Crippen LogP contribution in [0.3, 0.4) is 0 Å². The van der Waals surface area contributed by atoms with Crippen LogP contribution in [0.1, 0.15) is 33.0 Å². The standard InChI is InChI=1S/C28H26N2O5/c31-26(30-15-19(16-30)27(32)33)20-8-2-1-7-18(20)13-14-29-28(34)35-17-25-23-11-5-3-9-21(23)22-10-4-6-12-24(22)25/h1-12,19,25H,13-17H2,(H,29,34)(H,32,33). The van der Waals surface area contributed by atoms with Gasteiger partial charge < -0.3 is 20.1 Å². The summed E-state index contributed by atoms with van der Waals surface area (Å²) in [6, 6.07) is 23.6. The molecule has 7 nitrogen and oxygen atoms in total. The van der Waals surface area contributed by atoms with Crippen molar-refractivity contribution >= 4 is 18.0 Å². The fraction of sp³-hybridized carbons (Fsp3) is 0.250. The molecule has 0 radical (unpaired) electrons. The number of aliphatic carboxylic acids is 1. The van der Waals surface area contributed by atoms with Crippen molar-refractivity contribution in [2.75, 3.05) is 26.2 Å². The number of carbonyl (C=O) groups is 3. The summed E-state index contributed by atoms with van der Waals surface area (Å²) in [5.74, 6) is -1.56. The third-order valence-electron chi connectivity index (χ3n) is 6.77. The molecule has 7 heteroatoms. The molecule has 0 unspecified atom stereocenters. The molecule has 1 fully saturated rings. The molecule has 0 atom stereocenters. The number of carboxylic acid groups (broad SMARTS) is 1. The highest BCUT2D eigenvalue weighted by Gasteiger charge is 2.36. The zero-order valence-corrected chi connectivity index (χ0v) is 19.1. The molecule has 0 spiro atoms. The van der Waals surface area contributed by atoms with Gasteiger partial charge in [-0.15, -0.1) is 0 Å². The predicted octanol–water partition coefficient (Wildman–Crippen LogP) is 3.92. The third kappa shape index (κ3) is 4.49. The molecule has 0 saturated carbocycles. The maximum absolute atomic E-state index is 12.8. The van der Waals surface area contributed by atoms with Crippen molar-refractivity contribution in [3.8, 4) is 11.1 Å². The number of hydrogen-bond donors (Lipinski definition) is 2. The number of amides is 2. The first kappa shape index (κ1) is 22.7. The lowest BCUT2D eigenvalue weighted by atomic mass is 9.97. The minimum absolute atomic E-state index is 0.00217. The van der Waals surface area contributed by atoms with Crippen LogP contribution in [-0.2, 0) is 16.0 Å². The largest absolute Gasteiger partial charge is 0.481 e. The maximum Gasteiger partial charge on any atom is 0.407 e. The average Bonchev–Trinajstić information content (AvgIpc) is 3.15. The Labute approximate surface area is 203 Å². The number of alkyl carbamates (subject to hydrolysis) is 1. The van der Waals surface area contributed by atoms with E-state index >= 15 is 0 Å². The first-order valence-electron chi connectivity index (χ1n) is 11.7. The SMILES string of the molecule is O=C(NCCc1ccccc1C(=O)N1CC(C(=O)O)C1)OCC1c2ccccc2-c2ccccc21. The number of benzene rings is 3. The molecular formula is C28H26N2O5. The first-order chi connectivity index (χ1) is 17.0. The number of carbonyl (C=O) groups excluding carboxylic acids is 2. The van der Waals surface area contributed by atoms with E-state index in [0.29, 0.717) is 18.5 Å². The molecule has 3 aromatic carbocycles. The molecule has 1 heterocycles. The maximum atomic E-state index is 12.8. The van der Waals surface area contributed by atoms with Gasteiger partial charge in [-0.25, -0.2) is 4.79 Å². The summed E-state index contributed by atoms with van der Waals surface area (Å²) < 4.78 is 5.57. The minimum Gasteiger partial charge on any atom is -0.481 e. The molecule has 0 aromatic heterocycles. The number of likely N-dealkylation sites (tertiary alicyclic amines) is 1. The van der Waals surface area contributed by atoms with Crippen molar-refractivity contribution in [2.45, 2.75) is 12.3 Å². The Hall–Kier alpha value is -4.13. The number of ether oxygens (including phenoxy) is 1. The van der Waals surface area contributed by atoms with E-state index in [1.165, 1.54) is 16.0 Å². The molecule has 178 valence electrons. The van der Waals surface area contributed by atoms with Gasteiger partial charge >= 0.3 is 12.1 Å². The van der Waals surface area contributed by atoms with E-state index in [4.69, 9.17) is 9.84 Å². The van der Waals surface area contributed by atoms with Crippen LogP contribution in [0.4, 0.5) is 4.79 Å². The van der Waals surface area contributed by atoms with Crippen LogP contribution in [0.25, 0.3) is 11.1 Å². The average molecular weight is 471 g/mol. The Kier molecular flexibility index (Phi) is 6.23. The quantitative estimate of drug-likeness (QED) is 0.546. The molecule has 5 rings (SSSR count). The van der Waals surface area contributed by atoms with E-state index in [1.807, 2.05) is 36.4 Å². The second kappa shape index (κ2) is 9.62. The van der Waals surface area contributed by atoms with Gasteiger partial charge in [-0.2, -0.15) is 0 Å². The normalized spacial score (nSPS) is 14.6. The minimum atomic E-state index is -0.880. The van der Waals surface area contributed by atoms with Crippen molar-refractivity contribution in [1.29, 1.82) is 0 Å². The molecule has 2 amide bonds. The molecular weight excluding hydrogens is 444 g/mol. The second-order valence-corrected chi connectivity index (χ2v) is 8.90. The lowest BCUT2D eigenvalue weighted by molar-refractivity contribution is -0.146. The Balaban J connectivity index is 1.15. The summed E-state index contributed by atoms with van der Waals surface area (Å²) in [6.07, 6.45) is -0.0369. The highest BCUT2D eigenvalue weighted by atomic mass is 16.5. The molecule has 0 bridgehead atoms. The van der Waals surface area contributed by atoms with Crippen molar-refractivity contribution in [2.24, 2.45) is 5.92 Å². The zero-order valence-electron chi connectivity index (χ0n) is 19.1. The van der Waals surface area contributed by atoms with Crippen LogP contribution in [-0.4, -0.2) is 54.2 Å². The van der Waals surface area contributed by atoms with Crippen LogP contribution in [0.5, 0.6) is 0 Å². The van der Waals surface area contributed by atoms with Crippen LogP contribution >= 0.6 is 0 Å². The molecule has 1 saturated heterocycles. The summed E-state index contributed by atoms with van der Waals surface area (Å²) in [5.41, 5.74) is 6.00. The number of nitrogens with one attached hydrogen (secondary N) is 1. The number of hydrogen-bond acceptors (Lipinski definition) is 4. The number of rotatable bonds is 7. The van der Waals surface area contributed by atoms with Crippen molar-refractivity contribution in [3.05, 3.63) is 95.1 Å². The van der Waals surface area contributed by atoms with Gasteiger partial charge in [0.1, 0.15) is 6.61 Å². The van der Waals surface area contributed by atoms with E-state index < -0.39 is 18.0 Å². The van der Waals surface area contributed by atoms with E-state index in [2.05, 4.69) is 29.6 Å². The molecule has 3 aromatic rings. The Morgan fingerprint density at radius 3 is 2.14 bits per heavy atom. The Bertz CT molecular complexity index is 1240. The second-order valence-electron chi connectivity index (χ2n) is 8.90. The summed E-state index contributed by atoms with van der Waals surface area (Å²) in [6.45, 7) is 1.01. The van der Waals surface area contributed by atoms with Crippen LogP contribution in [0, 0.1) is 5.92 Å². The summed E-state index contributed by atoms with van der Waals surface area (Å²) in [7, 11) is 0. The molecule has 1 aliphatic carbocycles. The van der Waals surface area contributed by atoms with Gasteiger partial charge in [-0.3, -0.25) is 9.59 Å². The topological polar surface area (TPSA) is 95.9 Å². The number of nitrogens with zero attached hydrogens (tertiary/aromatic N) is 1. The monoisotopic (exact) mass is 470 g/mol. The number of fused-ring (bicyclic) bond motifs is 3. The molecule has 2 aliphatic rings. The van der Waals surface area contributed by atoms with E-state index in [0.717, 1.165) is 16.7 Å². The predicted molar refractivity (Wildman–Crippen MR) is 130 cm³/mol. The highest BCUT2D eigenvalue weighted by Crippen LogP contribution is 2.44. The summed E-state index contributed by atoms with van der Waals surface area (Å²) >= 11 is 0. The lowest BCUT2D eigenvalue weighted by Crippen LogP contribution is -2.53. The Morgan fingerprint density at radius 2 is 1.49 bits per heavy atom. The Morgan fingerprint density at radius 1 is 0.886 bits per heavy atom. The van der Waals surface area contributed by atoms with Gasteiger partial charge in [-0.1, -0.05) is 66.7 Å².